The van der Waals surface area contributed by atoms with Gasteiger partial charge in [0.05, 0.1) is 5.02 Å². The molecule has 0 spiro atoms. The fraction of sp³-hybridized carbons (Fsp3) is 0. The first-order valence-electron chi connectivity index (χ1n) is 6.54. The zero-order chi connectivity index (χ0) is 15.3. The lowest BCUT2D eigenvalue weighted by Crippen LogP contribution is -1.95. The average molecular weight is 312 g/mol. The fourth-order valence-corrected chi connectivity index (χ4v) is 2.84. The Hall–Kier alpha value is -2.86. The van der Waals surface area contributed by atoms with Crippen LogP contribution in [0.1, 0.15) is 10.5 Å². The highest BCUT2D eigenvalue weighted by Gasteiger charge is 2.13. The molecule has 0 fully saturated rings. The van der Waals surface area contributed by atoms with Crippen LogP contribution in [0.15, 0.2) is 36.8 Å². The molecule has 4 rings (SSSR count). The van der Waals surface area contributed by atoms with Crippen LogP contribution in [0.2, 0.25) is 5.02 Å². The van der Waals surface area contributed by atoms with Gasteiger partial charge < -0.3 is 10.7 Å². The van der Waals surface area contributed by atoms with Gasteiger partial charge >= 0.3 is 0 Å². The van der Waals surface area contributed by atoms with E-state index in [9.17, 15) is 4.79 Å². The molecular formula is C15H10ClN5O. The van der Waals surface area contributed by atoms with Gasteiger partial charge in [0.25, 0.3) is 0 Å². The van der Waals surface area contributed by atoms with Gasteiger partial charge in [-0.15, -0.1) is 0 Å². The molecule has 0 radical (unpaired) electrons. The fourth-order valence-electron chi connectivity index (χ4n) is 2.53. The Kier molecular flexibility index (Phi) is 2.67. The summed E-state index contributed by atoms with van der Waals surface area (Å²) in [5.41, 5.74) is 9.00. The lowest BCUT2D eigenvalue weighted by Gasteiger charge is -2.06. The number of imidazole rings is 1. The molecular weight excluding hydrogens is 302 g/mol. The number of aromatic nitrogens is 4. The third kappa shape index (κ3) is 1.71. The first kappa shape index (κ1) is 12.8. The molecule has 3 N–H and O–H groups in total. The van der Waals surface area contributed by atoms with Crippen molar-refractivity contribution in [1.29, 1.82) is 0 Å². The molecule has 7 heteroatoms. The van der Waals surface area contributed by atoms with E-state index in [4.69, 9.17) is 17.3 Å². The van der Waals surface area contributed by atoms with Crippen LogP contribution in [-0.2, 0) is 0 Å². The number of halogens is 1. The largest absolute Gasteiger partial charge is 0.382 e. The van der Waals surface area contributed by atoms with Crippen molar-refractivity contribution in [2.45, 2.75) is 0 Å². The van der Waals surface area contributed by atoms with Crippen molar-refractivity contribution in [3.63, 3.8) is 0 Å². The Morgan fingerprint density at radius 2 is 2.18 bits per heavy atom. The Labute approximate surface area is 129 Å². The number of carbonyl (C=O) groups excluding carboxylic acids is 1. The summed E-state index contributed by atoms with van der Waals surface area (Å²) in [4.78, 5) is 22.7. The smallest absolute Gasteiger partial charge is 0.170 e. The van der Waals surface area contributed by atoms with Crippen molar-refractivity contribution in [2.24, 2.45) is 0 Å². The quantitative estimate of drug-likeness (QED) is 0.557. The minimum Gasteiger partial charge on any atom is -0.382 e. The molecule has 22 heavy (non-hydrogen) atoms. The number of H-pyrrole nitrogens is 1. The molecule has 0 aliphatic rings. The van der Waals surface area contributed by atoms with Crippen LogP contribution in [0.3, 0.4) is 0 Å². The van der Waals surface area contributed by atoms with Gasteiger partial charge in [-0.25, -0.2) is 9.97 Å². The zero-order valence-electron chi connectivity index (χ0n) is 11.2. The first-order chi connectivity index (χ1) is 10.7. The highest BCUT2D eigenvalue weighted by molar-refractivity contribution is 6.38. The van der Waals surface area contributed by atoms with Crippen LogP contribution in [0, 0.1) is 0 Å². The topological polar surface area (TPSA) is 89.1 Å². The van der Waals surface area contributed by atoms with Crippen LogP contribution in [0.25, 0.3) is 27.8 Å². The van der Waals surface area contributed by atoms with Crippen molar-refractivity contribution in [1.82, 2.24) is 19.4 Å². The molecule has 0 aromatic carbocycles. The second-order valence-corrected chi connectivity index (χ2v) is 5.25. The molecule has 0 aliphatic heterocycles. The lowest BCUT2D eigenvalue weighted by molar-refractivity contribution is 0.111. The van der Waals surface area contributed by atoms with Crippen molar-refractivity contribution in [3.8, 4) is 11.1 Å². The SMILES string of the molecule is Nc1nc2ccc(-c3cnc4[nH]ccc4c3Cl)cn2c1C=O. The van der Waals surface area contributed by atoms with Gasteiger partial charge in [0.15, 0.2) is 12.1 Å². The van der Waals surface area contributed by atoms with Gasteiger partial charge in [-0.3, -0.25) is 9.20 Å². The summed E-state index contributed by atoms with van der Waals surface area (Å²) in [6, 6.07) is 5.53. The van der Waals surface area contributed by atoms with Gasteiger partial charge in [-0.05, 0) is 18.2 Å². The summed E-state index contributed by atoms with van der Waals surface area (Å²) in [5, 5.41) is 1.45. The van der Waals surface area contributed by atoms with Crippen LogP contribution < -0.4 is 5.73 Å². The molecule has 0 bridgehead atoms. The molecule has 0 saturated heterocycles. The molecule has 6 nitrogen and oxygen atoms in total. The van der Waals surface area contributed by atoms with E-state index in [1.54, 1.807) is 29.1 Å². The van der Waals surface area contributed by atoms with E-state index in [1.165, 1.54) is 0 Å². The van der Waals surface area contributed by atoms with E-state index < -0.39 is 0 Å². The number of nitrogens with two attached hydrogens (primary N) is 1. The number of nitrogens with zero attached hydrogens (tertiary/aromatic N) is 3. The summed E-state index contributed by atoms with van der Waals surface area (Å²) in [6.45, 7) is 0. The molecule has 0 unspecified atom stereocenters. The molecule has 0 amide bonds. The number of aromatic amines is 1. The summed E-state index contributed by atoms with van der Waals surface area (Å²) >= 11 is 6.47. The maximum absolute atomic E-state index is 11.2. The third-order valence-electron chi connectivity index (χ3n) is 3.63. The van der Waals surface area contributed by atoms with E-state index in [0.29, 0.717) is 22.6 Å². The maximum Gasteiger partial charge on any atom is 0.170 e. The normalized spacial score (nSPS) is 11.3. The number of aldehydes is 1. The number of carbonyl (C=O) groups is 1. The van der Waals surface area contributed by atoms with Crippen molar-refractivity contribution in [2.75, 3.05) is 5.73 Å². The number of nitrogens with one attached hydrogen (secondary N) is 1. The highest BCUT2D eigenvalue weighted by atomic mass is 35.5. The molecule has 0 saturated carbocycles. The average Bonchev–Trinajstić information content (AvgIpc) is 3.10. The third-order valence-corrected chi connectivity index (χ3v) is 4.03. The van der Waals surface area contributed by atoms with Crippen LogP contribution in [-0.4, -0.2) is 25.6 Å². The summed E-state index contributed by atoms with van der Waals surface area (Å²) < 4.78 is 1.65. The van der Waals surface area contributed by atoms with Crippen LogP contribution in [0.4, 0.5) is 5.82 Å². The standard InChI is InChI=1S/C15H10ClN5O/c16-13-9-3-4-18-15(9)19-5-10(13)8-1-2-12-20-14(17)11(7-22)21(12)6-8/h1-7H,17H2,(H,18,19). The molecule has 0 atom stereocenters. The number of pyridine rings is 2. The van der Waals surface area contributed by atoms with Crippen molar-refractivity contribution >= 4 is 40.4 Å². The highest BCUT2D eigenvalue weighted by Crippen LogP contribution is 2.33. The van der Waals surface area contributed by atoms with Gasteiger partial charge in [0.2, 0.25) is 0 Å². The van der Waals surface area contributed by atoms with Crippen molar-refractivity contribution < 1.29 is 4.79 Å². The number of nitrogen functional groups attached to an aromatic ring is 1. The Morgan fingerprint density at radius 3 is 3.00 bits per heavy atom. The van der Waals surface area contributed by atoms with E-state index in [0.717, 1.165) is 22.2 Å². The van der Waals surface area contributed by atoms with Crippen LogP contribution >= 0.6 is 11.6 Å². The van der Waals surface area contributed by atoms with E-state index in [2.05, 4.69) is 15.0 Å². The second kappa shape index (κ2) is 4.57. The monoisotopic (exact) mass is 311 g/mol. The minimum absolute atomic E-state index is 0.206. The van der Waals surface area contributed by atoms with E-state index in [-0.39, 0.29) is 5.82 Å². The van der Waals surface area contributed by atoms with Crippen LogP contribution in [0.5, 0.6) is 0 Å². The Bertz CT molecular complexity index is 1030. The molecule has 4 aromatic heterocycles. The summed E-state index contributed by atoms with van der Waals surface area (Å²) in [7, 11) is 0. The van der Waals surface area contributed by atoms with E-state index >= 15 is 0 Å². The van der Waals surface area contributed by atoms with Gasteiger partial charge in [-0.1, -0.05) is 11.6 Å². The predicted octanol–water partition coefficient (Wildman–Crippen LogP) is 2.93. The molecule has 4 aromatic rings. The number of fused-ring (bicyclic) bond motifs is 2. The summed E-state index contributed by atoms with van der Waals surface area (Å²) in [6.07, 6.45) is 5.96. The van der Waals surface area contributed by atoms with Gasteiger partial charge in [0, 0.05) is 35.1 Å². The molecule has 4 heterocycles. The number of hydrogen-bond acceptors (Lipinski definition) is 4. The van der Waals surface area contributed by atoms with Gasteiger partial charge in [-0.2, -0.15) is 0 Å². The molecule has 108 valence electrons. The number of hydrogen-bond donors (Lipinski definition) is 2. The minimum atomic E-state index is 0.206. The maximum atomic E-state index is 11.2. The Balaban J connectivity index is 1.99. The zero-order valence-corrected chi connectivity index (χ0v) is 12.0. The summed E-state index contributed by atoms with van der Waals surface area (Å²) in [5.74, 6) is 0.206. The van der Waals surface area contributed by atoms with E-state index in [1.807, 2.05) is 12.1 Å². The predicted molar refractivity (Wildman–Crippen MR) is 85.1 cm³/mol. The first-order valence-corrected chi connectivity index (χ1v) is 6.91. The second-order valence-electron chi connectivity index (χ2n) is 4.87. The van der Waals surface area contributed by atoms with Crippen molar-refractivity contribution in [3.05, 3.63) is 47.5 Å². The number of anilines is 1. The van der Waals surface area contributed by atoms with Gasteiger partial charge in [0.1, 0.15) is 17.0 Å². The lowest BCUT2D eigenvalue weighted by atomic mass is 10.1. The Morgan fingerprint density at radius 1 is 1.32 bits per heavy atom. The number of rotatable bonds is 2. The molecule has 0 aliphatic carbocycles.